The van der Waals surface area contributed by atoms with Crippen LogP contribution in [0.1, 0.15) is 21.5 Å². The highest BCUT2D eigenvalue weighted by Crippen LogP contribution is 2.19. The number of benzene rings is 3. The number of amides is 1. The summed E-state index contributed by atoms with van der Waals surface area (Å²) in [7, 11) is 1.54. The Balaban J connectivity index is 1.73. The highest BCUT2D eigenvalue weighted by molar-refractivity contribution is 6.09. The fourth-order valence-corrected chi connectivity index (χ4v) is 2.71. The van der Waals surface area contributed by atoms with Crippen LogP contribution < -0.4 is 14.8 Å². The van der Waals surface area contributed by atoms with Crippen molar-refractivity contribution >= 4 is 23.6 Å². The summed E-state index contributed by atoms with van der Waals surface area (Å²) in [4.78, 5) is 24.8. The van der Waals surface area contributed by atoms with Gasteiger partial charge in [0.05, 0.1) is 12.7 Å². The molecule has 0 heterocycles. The van der Waals surface area contributed by atoms with Crippen LogP contribution in [0.4, 0.5) is 5.69 Å². The lowest BCUT2D eigenvalue weighted by Gasteiger charge is -2.07. The van der Waals surface area contributed by atoms with Crippen molar-refractivity contribution in [3.63, 3.8) is 0 Å². The van der Waals surface area contributed by atoms with Crippen molar-refractivity contribution in [1.82, 2.24) is 0 Å². The number of hydrogen-bond acceptors (Lipinski definition) is 5. The predicted molar refractivity (Wildman–Crippen MR) is 118 cm³/mol. The van der Waals surface area contributed by atoms with Gasteiger partial charge >= 0.3 is 5.97 Å². The van der Waals surface area contributed by atoms with Crippen LogP contribution in [0.25, 0.3) is 6.08 Å². The molecule has 0 fully saturated rings. The number of carbonyl (C=O) groups is 2. The molecule has 0 radical (unpaired) electrons. The van der Waals surface area contributed by atoms with E-state index in [9.17, 15) is 14.9 Å². The lowest BCUT2D eigenvalue weighted by Crippen LogP contribution is -2.13. The molecular formula is C25H20N2O4. The standard InChI is InChI=1S/C25H20N2O4/c1-17-6-10-21(11-7-17)27-24(28)20(16-26)14-18-4-3-5-23(15-18)31-25(29)19-8-12-22(30-2)13-9-19/h3-15H,1-2H3,(H,27,28)/b20-14+. The second-order valence-electron chi connectivity index (χ2n) is 6.68. The van der Waals surface area contributed by atoms with Gasteiger partial charge in [-0.25, -0.2) is 4.79 Å². The molecule has 0 aliphatic carbocycles. The van der Waals surface area contributed by atoms with Crippen molar-refractivity contribution in [1.29, 1.82) is 5.26 Å². The van der Waals surface area contributed by atoms with Crippen molar-refractivity contribution in [3.8, 4) is 17.6 Å². The molecule has 1 amide bonds. The Morgan fingerprint density at radius 1 is 0.968 bits per heavy atom. The molecule has 154 valence electrons. The van der Waals surface area contributed by atoms with Crippen molar-refractivity contribution in [2.75, 3.05) is 12.4 Å². The second kappa shape index (κ2) is 9.90. The van der Waals surface area contributed by atoms with E-state index in [4.69, 9.17) is 9.47 Å². The van der Waals surface area contributed by atoms with Gasteiger partial charge < -0.3 is 14.8 Å². The van der Waals surface area contributed by atoms with Gasteiger partial charge in [0.25, 0.3) is 5.91 Å². The van der Waals surface area contributed by atoms with Gasteiger partial charge in [-0.15, -0.1) is 0 Å². The van der Waals surface area contributed by atoms with Crippen LogP contribution >= 0.6 is 0 Å². The van der Waals surface area contributed by atoms with Crippen LogP contribution in [0.2, 0.25) is 0 Å². The molecule has 1 N–H and O–H groups in total. The molecule has 31 heavy (non-hydrogen) atoms. The van der Waals surface area contributed by atoms with Gasteiger partial charge in [-0.05, 0) is 67.1 Å². The Hall–Kier alpha value is -4.37. The first-order valence-electron chi connectivity index (χ1n) is 9.44. The first-order chi connectivity index (χ1) is 15.0. The SMILES string of the molecule is COc1ccc(C(=O)Oc2cccc(/C=C(\C#N)C(=O)Nc3ccc(C)cc3)c2)cc1. The second-order valence-corrected chi connectivity index (χ2v) is 6.68. The molecule has 6 heteroatoms. The number of carbonyl (C=O) groups excluding carboxylic acids is 2. The molecule has 0 saturated heterocycles. The molecule has 0 spiro atoms. The van der Waals surface area contributed by atoms with Gasteiger partial charge in [0, 0.05) is 5.69 Å². The maximum absolute atomic E-state index is 12.4. The minimum Gasteiger partial charge on any atom is -0.497 e. The van der Waals surface area contributed by atoms with Gasteiger partial charge in [-0.2, -0.15) is 5.26 Å². The van der Waals surface area contributed by atoms with Gasteiger partial charge in [-0.1, -0.05) is 29.8 Å². The van der Waals surface area contributed by atoms with Crippen molar-refractivity contribution in [2.45, 2.75) is 6.92 Å². The van der Waals surface area contributed by atoms with E-state index in [0.29, 0.717) is 28.3 Å². The van der Waals surface area contributed by atoms with Gasteiger partial charge in [0.15, 0.2) is 0 Å². The minimum absolute atomic E-state index is 0.0702. The maximum atomic E-state index is 12.4. The summed E-state index contributed by atoms with van der Waals surface area (Å²) >= 11 is 0. The van der Waals surface area contributed by atoms with Crippen LogP contribution in [-0.4, -0.2) is 19.0 Å². The van der Waals surface area contributed by atoms with Crippen molar-refractivity contribution in [3.05, 3.63) is 95.1 Å². The Morgan fingerprint density at radius 2 is 1.68 bits per heavy atom. The zero-order valence-electron chi connectivity index (χ0n) is 17.1. The fraction of sp³-hybridized carbons (Fsp3) is 0.0800. The average Bonchev–Trinajstić information content (AvgIpc) is 2.79. The number of esters is 1. The zero-order valence-corrected chi connectivity index (χ0v) is 17.1. The van der Waals surface area contributed by atoms with E-state index < -0.39 is 11.9 Å². The molecule has 6 nitrogen and oxygen atoms in total. The molecule has 0 atom stereocenters. The number of aryl methyl sites for hydroxylation is 1. The summed E-state index contributed by atoms with van der Waals surface area (Å²) in [6, 6.07) is 22.3. The molecule has 0 unspecified atom stereocenters. The van der Waals surface area contributed by atoms with Crippen LogP contribution in [0, 0.1) is 18.3 Å². The monoisotopic (exact) mass is 412 g/mol. The minimum atomic E-state index is -0.526. The highest BCUT2D eigenvalue weighted by Gasteiger charge is 2.11. The largest absolute Gasteiger partial charge is 0.497 e. The normalized spacial score (nSPS) is 10.7. The molecule has 3 rings (SSSR count). The first-order valence-corrected chi connectivity index (χ1v) is 9.44. The number of nitriles is 1. The van der Waals surface area contributed by atoms with Crippen LogP contribution in [0.15, 0.2) is 78.4 Å². The van der Waals surface area contributed by atoms with E-state index in [0.717, 1.165) is 5.56 Å². The summed E-state index contributed by atoms with van der Waals surface area (Å²) in [6.45, 7) is 1.95. The summed E-state index contributed by atoms with van der Waals surface area (Å²) in [5, 5.41) is 12.1. The van der Waals surface area contributed by atoms with E-state index >= 15 is 0 Å². The molecule has 0 aliphatic rings. The molecule has 0 saturated carbocycles. The van der Waals surface area contributed by atoms with Gasteiger partial charge in [0.2, 0.25) is 0 Å². The Morgan fingerprint density at radius 3 is 2.32 bits per heavy atom. The summed E-state index contributed by atoms with van der Waals surface area (Å²) in [5.41, 5.74) is 2.51. The molecule has 0 bridgehead atoms. The average molecular weight is 412 g/mol. The highest BCUT2D eigenvalue weighted by atomic mass is 16.5. The van der Waals surface area contributed by atoms with E-state index in [-0.39, 0.29) is 5.57 Å². The quantitative estimate of drug-likeness (QED) is 0.273. The number of hydrogen-bond donors (Lipinski definition) is 1. The van der Waals surface area contributed by atoms with E-state index in [1.807, 2.05) is 25.1 Å². The van der Waals surface area contributed by atoms with Crippen LogP contribution in [0.3, 0.4) is 0 Å². The summed E-state index contributed by atoms with van der Waals surface area (Å²) < 4.78 is 10.5. The number of rotatable bonds is 6. The fourth-order valence-electron chi connectivity index (χ4n) is 2.71. The van der Waals surface area contributed by atoms with Crippen LogP contribution in [0.5, 0.6) is 11.5 Å². The molecular weight excluding hydrogens is 392 g/mol. The molecule has 0 aromatic heterocycles. The number of methoxy groups -OCH3 is 1. The smallest absolute Gasteiger partial charge is 0.343 e. The third kappa shape index (κ3) is 5.81. The summed E-state index contributed by atoms with van der Waals surface area (Å²) in [5.74, 6) is -0.115. The lowest BCUT2D eigenvalue weighted by atomic mass is 10.1. The molecule has 3 aromatic rings. The van der Waals surface area contributed by atoms with Crippen molar-refractivity contribution < 1.29 is 19.1 Å². The summed E-state index contributed by atoms with van der Waals surface area (Å²) in [6.07, 6.45) is 1.44. The maximum Gasteiger partial charge on any atom is 0.343 e. The third-order valence-electron chi connectivity index (χ3n) is 4.38. The number of ether oxygens (including phenoxy) is 2. The van der Waals surface area contributed by atoms with Crippen molar-refractivity contribution in [2.24, 2.45) is 0 Å². The van der Waals surface area contributed by atoms with E-state index in [2.05, 4.69) is 5.32 Å². The molecule has 0 aliphatic heterocycles. The Bertz CT molecular complexity index is 1160. The predicted octanol–water partition coefficient (Wildman–Crippen LogP) is 4.77. The van der Waals surface area contributed by atoms with Gasteiger partial charge in [-0.3, -0.25) is 4.79 Å². The Kier molecular flexibility index (Phi) is 6.82. The van der Waals surface area contributed by atoms with Gasteiger partial charge in [0.1, 0.15) is 23.1 Å². The molecule has 3 aromatic carbocycles. The zero-order chi connectivity index (χ0) is 22.2. The van der Waals surface area contributed by atoms with Crippen LogP contribution in [-0.2, 0) is 4.79 Å². The third-order valence-corrected chi connectivity index (χ3v) is 4.38. The first kappa shape index (κ1) is 21.3. The van der Waals surface area contributed by atoms with E-state index in [1.54, 1.807) is 67.8 Å². The lowest BCUT2D eigenvalue weighted by molar-refractivity contribution is -0.112. The number of nitrogens with zero attached hydrogens (tertiary/aromatic N) is 1. The Labute approximate surface area is 180 Å². The van der Waals surface area contributed by atoms with E-state index in [1.165, 1.54) is 6.08 Å². The number of anilines is 1. The topological polar surface area (TPSA) is 88.4 Å². The number of nitrogens with one attached hydrogen (secondary N) is 1.